The summed E-state index contributed by atoms with van der Waals surface area (Å²) in [7, 11) is 0. The number of hydrogen-bond donors (Lipinski definition) is 2. The van der Waals surface area contributed by atoms with Gasteiger partial charge >= 0.3 is 0 Å². The quantitative estimate of drug-likeness (QED) is 0.556. The molecule has 7 nitrogen and oxygen atoms in total. The summed E-state index contributed by atoms with van der Waals surface area (Å²) in [5.74, 6) is 0.320. The average Bonchev–Trinajstić information content (AvgIpc) is 3.36. The zero-order valence-electron chi connectivity index (χ0n) is 14.8. The predicted octanol–water partition coefficient (Wildman–Crippen LogP) is 2.73. The van der Waals surface area contributed by atoms with Crippen LogP contribution >= 0.6 is 11.3 Å². The first kappa shape index (κ1) is 18.8. The van der Waals surface area contributed by atoms with Gasteiger partial charge in [-0.05, 0) is 42.0 Å². The van der Waals surface area contributed by atoms with Crippen molar-refractivity contribution < 1.29 is 9.59 Å². The van der Waals surface area contributed by atoms with E-state index in [1.807, 2.05) is 23.7 Å². The van der Waals surface area contributed by atoms with Crippen LogP contribution in [0.5, 0.6) is 0 Å². The summed E-state index contributed by atoms with van der Waals surface area (Å²) in [4.78, 5) is 27.8. The molecule has 0 aromatic carbocycles. The Morgan fingerprint density at radius 2 is 2.00 bits per heavy atom. The van der Waals surface area contributed by atoms with E-state index in [9.17, 15) is 9.59 Å². The van der Waals surface area contributed by atoms with Crippen molar-refractivity contribution >= 4 is 29.0 Å². The number of aryl methyl sites for hydroxylation is 2. The van der Waals surface area contributed by atoms with E-state index in [1.165, 1.54) is 16.9 Å². The van der Waals surface area contributed by atoms with Crippen LogP contribution in [0, 0.1) is 0 Å². The molecule has 8 heteroatoms. The number of rotatable bonds is 9. The minimum absolute atomic E-state index is 0.107. The number of thiophene rings is 1. The lowest BCUT2D eigenvalue weighted by Gasteiger charge is -2.05. The summed E-state index contributed by atoms with van der Waals surface area (Å²) in [5.41, 5.74) is 1.84. The van der Waals surface area contributed by atoms with Gasteiger partial charge in [0.05, 0.1) is 0 Å². The highest BCUT2D eigenvalue weighted by molar-refractivity contribution is 7.08. The van der Waals surface area contributed by atoms with E-state index in [0.717, 1.165) is 13.0 Å². The van der Waals surface area contributed by atoms with Gasteiger partial charge in [0.1, 0.15) is 0 Å². The molecule has 2 amide bonds. The topological polar surface area (TPSA) is 88.9 Å². The zero-order chi connectivity index (χ0) is 18.9. The van der Waals surface area contributed by atoms with Crippen LogP contribution in [0.2, 0.25) is 0 Å². The first-order valence-electron chi connectivity index (χ1n) is 8.73. The van der Waals surface area contributed by atoms with Gasteiger partial charge in [-0.3, -0.25) is 19.3 Å². The van der Waals surface area contributed by atoms with Crippen molar-refractivity contribution in [3.63, 3.8) is 0 Å². The Hall–Kier alpha value is -3.00. The molecule has 3 aromatic heterocycles. The molecule has 140 valence electrons. The Bertz CT molecular complexity index is 861. The van der Waals surface area contributed by atoms with Crippen LogP contribution < -0.4 is 10.6 Å². The van der Waals surface area contributed by atoms with Crippen molar-refractivity contribution in [1.82, 2.24) is 20.1 Å². The maximum absolute atomic E-state index is 12.0. The molecule has 0 saturated carbocycles. The number of nitrogens with zero attached hydrogens (tertiary/aromatic N) is 3. The lowest BCUT2D eigenvalue weighted by Crippen LogP contribution is -2.25. The SMILES string of the molecule is O=C(CCCNC(=O)c1ccsc1)Nc1ccn(CCc2ccncc2)n1. The Morgan fingerprint density at radius 3 is 2.78 bits per heavy atom. The molecule has 0 saturated heterocycles. The first-order chi connectivity index (χ1) is 13.2. The summed E-state index contributed by atoms with van der Waals surface area (Å²) in [6, 6.07) is 7.51. The van der Waals surface area contributed by atoms with E-state index in [-0.39, 0.29) is 11.8 Å². The Labute approximate surface area is 161 Å². The first-order valence-corrected chi connectivity index (χ1v) is 9.67. The highest BCUT2D eigenvalue weighted by Gasteiger charge is 2.07. The molecule has 0 spiro atoms. The van der Waals surface area contributed by atoms with Crippen molar-refractivity contribution in [3.05, 3.63) is 64.7 Å². The second-order valence-corrected chi connectivity index (χ2v) is 6.77. The second-order valence-electron chi connectivity index (χ2n) is 5.99. The van der Waals surface area contributed by atoms with Crippen LogP contribution in [0.3, 0.4) is 0 Å². The maximum Gasteiger partial charge on any atom is 0.252 e. The summed E-state index contributed by atoms with van der Waals surface area (Å²) < 4.78 is 1.80. The van der Waals surface area contributed by atoms with E-state index in [1.54, 1.807) is 34.6 Å². The fourth-order valence-corrected chi connectivity index (χ4v) is 3.13. The Kier molecular flexibility index (Phi) is 6.70. The van der Waals surface area contributed by atoms with Gasteiger partial charge in [-0.25, -0.2) is 0 Å². The van der Waals surface area contributed by atoms with Crippen molar-refractivity contribution in [3.8, 4) is 0 Å². The van der Waals surface area contributed by atoms with Crippen LogP contribution in [0.4, 0.5) is 5.82 Å². The highest BCUT2D eigenvalue weighted by Crippen LogP contribution is 2.07. The van der Waals surface area contributed by atoms with E-state index in [4.69, 9.17) is 0 Å². The van der Waals surface area contributed by atoms with E-state index in [0.29, 0.717) is 30.8 Å². The second kappa shape index (κ2) is 9.63. The minimum Gasteiger partial charge on any atom is -0.352 e. The van der Waals surface area contributed by atoms with E-state index >= 15 is 0 Å². The average molecular weight is 383 g/mol. The monoisotopic (exact) mass is 383 g/mol. The minimum atomic E-state index is -0.112. The normalized spacial score (nSPS) is 10.5. The molecule has 0 aliphatic carbocycles. The van der Waals surface area contributed by atoms with Crippen LogP contribution in [-0.4, -0.2) is 33.1 Å². The molecule has 0 atom stereocenters. The molecule has 2 N–H and O–H groups in total. The van der Waals surface area contributed by atoms with Gasteiger partial charge in [-0.2, -0.15) is 16.4 Å². The number of aromatic nitrogens is 3. The highest BCUT2D eigenvalue weighted by atomic mass is 32.1. The number of amides is 2. The predicted molar refractivity (Wildman–Crippen MR) is 105 cm³/mol. The van der Waals surface area contributed by atoms with E-state index < -0.39 is 0 Å². The molecule has 27 heavy (non-hydrogen) atoms. The molecule has 0 aliphatic rings. The molecule has 0 fully saturated rings. The Morgan fingerprint density at radius 1 is 1.15 bits per heavy atom. The molecule has 3 rings (SSSR count). The summed E-state index contributed by atoms with van der Waals surface area (Å²) in [6.07, 6.45) is 7.14. The molecular formula is C19H21N5O2S. The standard InChI is InChI=1S/C19H21N5O2S/c25-18(2-1-8-21-19(26)16-7-13-27-14-16)22-17-6-12-24(23-17)11-5-15-3-9-20-10-4-15/h3-4,6-7,9-10,12-14H,1-2,5,8,11H2,(H,21,26)(H,22,23,25). The lowest BCUT2D eigenvalue weighted by atomic mass is 10.2. The number of carbonyl (C=O) groups excluding carboxylic acids is 2. The molecule has 3 aromatic rings. The molecule has 0 aliphatic heterocycles. The number of carbonyl (C=O) groups is 2. The van der Waals surface area contributed by atoms with Gasteiger partial charge in [-0.15, -0.1) is 0 Å². The number of nitrogens with one attached hydrogen (secondary N) is 2. The fourth-order valence-electron chi connectivity index (χ4n) is 2.50. The molecule has 3 heterocycles. The molecule has 0 bridgehead atoms. The van der Waals surface area contributed by atoms with Crippen molar-refractivity contribution in [2.75, 3.05) is 11.9 Å². The number of pyridine rings is 1. The largest absolute Gasteiger partial charge is 0.352 e. The van der Waals surface area contributed by atoms with Crippen molar-refractivity contribution in [1.29, 1.82) is 0 Å². The van der Waals surface area contributed by atoms with Gasteiger partial charge < -0.3 is 10.6 Å². The lowest BCUT2D eigenvalue weighted by molar-refractivity contribution is -0.116. The van der Waals surface area contributed by atoms with Crippen molar-refractivity contribution in [2.24, 2.45) is 0 Å². The number of anilines is 1. The van der Waals surface area contributed by atoms with Gasteiger partial charge in [0.15, 0.2) is 5.82 Å². The van der Waals surface area contributed by atoms with Gasteiger partial charge in [0, 0.05) is 55.1 Å². The van der Waals surface area contributed by atoms with E-state index in [2.05, 4.69) is 20.7 Å². The Balaban J connectivity index is 1.34. The van der Waals surface area contributed by atoms with Crippen LogP contribution in [0.1, 0.15) is 28.8 Å². The summed E-state index contributed by atoms with van der Waals surface area (Å²) >= 11 is 1.48. The maximum atomic E-state index is 12.0. The zero-order valence-corrected chi connectivity index (χ0v) is 15.6. The third-order valence-corrected chi connectivity index (χ3v) is 4.62. The van der Waals surface area contributed by atoms with Gasteiger partial charge in [0.25, 0.3) is 5.91 Å². The number of hydrogen-bond acceptors (Lipinski definition) is 5. The van der Waals surface area contributed by atoms with Crippen LogP contribution in [-0.2, 0) is 17.8 Å². The van der Waals surface area contributed by atoms with Crippen LogP contribution in [0.15, 0.2) is 53.6 Å². The van der Waals surface area contributed by atoms with Crippen molar-refractivity contribution in [2.45, 2.75) is 25.8 Å². The third kappa shape index (κ3) is 6.03. The molecular weight excluding hydrogens is 362 g/mol. The fraction of sp³-hybridized carbons (Fsp3) is 0.263. The van der Waals surface area contributed by atoms with Crippen LogP contribution in [0.25, 0.3) is 0 Å². The molecule has 0 radical (unpaired) electrons. The third-order valence-electron chi connectivity index (χ3n) is 3.94. The van der Waals surface area contributed by atoms with Gasteiger partial charge in [0.2, 0.25) is 5.91 Å². The summed E-state index contributed by atoms with van der Waals surface area (Å²) in [5, 5.41) is 13.6. The van der Waals surface area contributed by atoms with Gasteiger partial charge in [-0.1, -0.05) is 0 Å². The summed E-state index contributed by atoms with van der Waals surface area (Å²) in [6.45, 7) is 1.19. The smallest absolute Gasteiger partial charge is 0.252 e. The molecule has 0 unspecified atom stereocenters.